The van der Waals surface area contributed by atoms with E-state index in [-0.39, 0.29) is 18.4 Å². The van der Waals surface area contributed by atoms with Crippen LogP contribution in [0.1, 0.15) is 16.5 Å². The monoisotopic (exact) mass is 389 g/mol. The summed E-state index contributed by atoms with van der Waals surface area (Å²) in [6, 6.07) is 11.0. The van der Waals surface area contributed by atoms with Crippen molar-refractivity contribution in [1.82, 2.24) is 4.72 Å². The number of nitrogens with one attached hydrogen (secondary N) is 1. The van der Waals surface area contributed by atoms with Gasteiger partial charge < -0.3 is 9.47 Å². The average Bonchev–Trinajstić information content (AvgIpc) is 3.00. The first-order valence-electron chi connectivity index (χ1n) is 7.32. The van der Waals surface area contributed by atoms with Gasteiger partial charge >= 0.3 is 0 Å². The van der Waals surface area contributed by atoms with Gasteiger partial charge in [-0.3, -0.25) is 0 Å². The Hall–Kier alpha value is -1.12. The van der Waals surface area contributed by atoms with Crippen LogP contribution in [0, 0.1) is 0 Å². The molecule has 0 saturated heterocycles. The molecule has 8 heteroatoms. The third-order valence-corrected chi connectivity index (χ3v) is 6.17. The van der Waals surface area contributed by atoms with Crippen molar-refractivity contribution < 1.29 is 17.9 Å². The Balaban J connectivity index is 1.88. The second-order valence-corrected chi connectivity index (χ2v) is 8.80. The number of rotatable bonds is 9. The summed E-state index contributed by atoms with van der Waals surface area (Å²) >= 11 is 7.28. The van der Waals surface area contributed by atoms with Gasteiger partial charge in [-0.1, -0.05) is 23.7 Å². The highest BCUT2D eigenvalue weighted by Crippen LogP contribution is 2.28. The van der Waals surface area contributed by atoms with Gasteiger partial charge in [-0.05, 0) is 36.2 Å². The molecule has 0 aliphatic rings. The van der Waals surface area contributed by atoms with Crippen LogP contribution in [0.5, 0.6) is 5.75 Å². The fourth-order valence-corrected chi connectivity index (χ4v) is 4.31. The summed E-state index contributed by atoms with van der Waals surface area (Å²) in [5.74, 6) is 0.762. The molecule has 0 radical (unpaired) electrons. The fraction of sp³-hybridized carbons (Fsp3) is 0.375. The minimum Gasteiger partial charge on any atom is -0.497 e. The molecular formula is C16H20ClNO4S2. The maximum absolute atomic E-state index is 12.2. The van der Waals surface area contributed by atoms with E-state index in [1.54, 1.807) is 20.3 Å². The van der Waals surface area contributed by atoms with Crippen LogP contribution in [-0.2, 0) is 21.2 Å². The van der Waals surface area contributed by atoms with E-state index in [0.717, 1.165) is 16.2 Å². The minimum absolute atomic E-state index is 0.0148. The lowest BCUT2D eigenvalue weighted by molar-refractivity contribution is 0.110. The molecule has 1 aromatic carbocycles. The maximum Gasteiger partial charge on any atom is 0.212 e. The summed E-state index contributed by atoms with van der Waals surface area (Å²) in [7, 11) is -0.252. The normalized spacial score (nSPS) is 13.0. The highest BCUT2D eigenvalue weighted by molar-refractivity contribution is 7.89. The van der Waals surface area contributed by atoms with E-state index in [0.29, 0.717) is 10.8 Å². The van der Waals surface area contributed by atoms with Crippen molar-refractivity contribution in [2.45, 2.75) is 12.5 Å². The summed E-state index contributed by atoms with van der Waals surface area (Å²) in [6.45, 7) is 0.179. The highest BCUT2D eigenvalue weighted by Gasteiger charge is 2.17. The number of aryl methyl sites for hydroxylation is 1. The predicted octanol–water partition coefficient (Wildman–Crippen LogP) is 3.26. The van der Waals surface area contributed by atoms with Crippen LogP contribution in [0.4, 0.5) is 0 Å². The number of hydrogen-bond donors (Lipinski definition) is 1. The Labute approximate surface area is 151 Å². The lowest BCUT2D eigenvalue weighted by Crippen LogP contribution is -2.31. The number of hydrogen-bond acceptors (Lipinski definition) is 5. The predicted molar refractivity (Wildman–Crippen MR) is 97.6 cm³/mol. The van der Waals surface area contributed by atoms with Gasteiger partial charge in [-0.2, -0.15) is 0 Å². The zero-order valence-corrected chi connectivity index (χ0v) is 15.9. The molecular weight excluding hydrogens is 370 g/mol. The lowest BCUT2D eigenvalue weighted by Gasteiger charge is -2.15. The van der Waals surface area contributed by atoms with Crippen LogP contribution in [0.2, 0.25) is 4.34 Å². The van der Waals surface area contributed by atoms with Gasteiger partial charge in [0.1, 0.15) is 11.9 Å². The second kappa shape index (κ2) is 8.82. The largest absolute Gasteiger partial charge is 0.497 e. The molecule has 0 spiro atoms. The molecule has 0 bridgehead atoms. The van der Waals surface area contributed by atoms with Crippen LogP contribution < -0.4 is 9.46 Å². The third kappa shape index (κ3) is 5.75. The summed E-state index contributed by atoms with van der Waals surface area (Å²) in [5.41, 5.74) is 0.939. The molecule has 0 amide bonds. The summed E-state index contributed by atoms with van der Waals surface area (Å²) < 4.78 is 38.0. The second-order valence-electron chi connectivity index (χ2n) is 5.13. The van der Waals surface area contributed by atoms with Gasteiger partial charge in [-0.15, -0.1) is 11.3 Å². The summed E-state index contributed by atoms with van der Waals surface area (Å²) in [5, 5.41) is 0. The topological polar surface area (TPSA) is 64.6 Å². The Morgan fingerprint density at radius 1 is 1.17 bits per heavy atom. The molecule has 24 heavy (non-hydrogen) atoms. The first-order chi connectivity index (χ1) is 11.4. The maximum atomic E-state index is 12.2. The fourth-order valence-electron chi connectivity index (χ4n) is 2.12. The molecule has 2 rings (SSSR count). The molecule has 1 atom stereocenters. The van der Waals surface area contributed by atoms with E-state index in [1.807, 2.05) is 30.3 Å². The van der Waals surface area contributed by atoms with Crippen LogP contribution in [0.3, 0.4) is 0 Å². The summed E-state index contributed by atoms with van der Waals surface area (Å²) in [6.07, 6.45) is 0.0835. The minimum atomic E-state index is -3.39. The lowest BCUT2D eigenvalue weighted by atomic mass is 10.2. The Morgan fingerprint density at radius 3 is 2.42 bits per heavy atom. The van der Waals surface area contributed by atoms with Crippen LogP contribution >= 0.6 is 22.9 Å². The summed E-state index contributed by atoms with van der Waals surface area (Å²) in [4.78, 5) is 0.889. The number of halogens is 1. The van der Waals surface area contributed by atoms with E-state index >= 15 is 0 Å². The quantitative estimate of drug-likeness (QED) is 0.714. The molecule has 1 N–H and O–H groups in total. The van der Waals surface area contributed by atoms with Crippen molar-refractivity contribution in [1.29, 1.82) is 0 Å². The molecule has 0 aliphatic heterocycles. The van der Waals surface area contributed by atoms with Crippen LogP contribution in [0.25, 0.3) is 0 Å². The molecule has 132 valence electrons. The zero-order chi connectivity index (χ0) is 17.6. The molecule has 5 nitrogen and oxygen atoms in total. The Bertz CT molecular complexity index is 744. The van der Waals surface area contributed by atoms with E-state index in [9.17, 15) is 8.42 Å². The Morgan fingerprint density at radius 2 is 1.88 bits per heavy atom. The number of sulfonamides is 1. The smallest absolute Gasteiger partial charge is 0.212 e. The molecule has 1 aromatic heterocycles. The van der Waals surface area contributed by atoms with Gasteiger partial charge in [-0.25, -0.2) is 13.1 Å². The molecule has 0 aliphatic carbocycles. The molecule has 0 unspecified atom stereocenters. The number of ether oxygens (including phenoxy) is 2. The molecule has 2 aromatic rings. The van der Waals surface area contributed by atoms with Crippen molar-refractivity contribution in [3.63, 3.8) is 0 Å². The average molecular weight is 390 g/mol. The molecule has 1 heterocycles. The van der Waals surface area contributed by atoms with Crippen molar-refractivity contribution in [3.8, 4) is 5.75 Å². The van der Waals surface area contributed by atoms with Gasteiger partial charge in [0.15, 0.2) is 0 Å². The third-order valence-electron chi connectivity index (χ3n) is 3.50. The standard InChI is InChI=1S/C16H20ClNO4S2/c1-21-13-5-3-12(4-6-13)9-10-24(19,20)18-11-14(22-2)15-7-8-16(17)23-15/h3-8,14,18H,9-11H2,1-2H3/t14-/m1/s1. The molecule has 0 saturated carbocycles. The Kier molecular flexibility index (Phi) is 7.06. The van der Waals surface area contributed by atoms with E-state index < -0.39 is 10.0 Å². The van der Waals surface area contributed by atoms with Crippen molar-refractivity contribution in [3.05, 3.63) is 51.2 Å². The zero-order valence-electron chi connectivity index (χ0n) is 13.5. The van der Waals surface area contributed by atoms with Gasteiger partial charge in [0.25, 0.3) is 0 Å². The SMILES string of the molecule is COc1ccc(CCS(=O)(=O)NC[C@@H](OC)c2ccc(Cl)s2)cc1. The first kappa shape index (κ1) is 19.2. The number of methoxy groups -OCH3 is 2. The molecule has 0 fully saturated rings. The van der Waals surface area contributed by atoms with Crippen molar-refractivity contribution in [2.75, 3.05) is 26.5 Å². The van der Waals surface area contributed by atoms with Crippen molar-refractivity contribution >= 4 is 33.0 Å². The number of benzene rings is 1. The first-order valence-corrected chi connectivity index (χ1v) is 10.2. The van der Waals surface area contributed by atoms with Crippen LogP contribution in [-0.4, -0.2) is 34.9 Å². The van der Waals surface area contributed by atoms with Crippen molar-refractivity contribution in [2.24, 2.45) is 0 Å². The van der Waals surface area contributed by atoms with Gasteiger partial charge in [0, 0.05) is 18.5 Å². The van der Waals surface area contributed by atoms with E-state index in [2.05, 4.69) is 4.72 Å². The van der Waals surface area contributed by atoms with Gasteiger partial charge in [0.05, 0.1) is 17.2 Å². The highest BCUT2D eigenvalue weighted by atomic mass is 35.5. The van der Waals surface area contributed by atoms with E-state index in [1.165, 1.54) is 11.3 Å². The number of thiophene rings is 1. The van der Waals surface area contributed by atoms with Gasteiger partial charge in [0.2, 0.25) is 10.0 Å². The van der Waals surface area contributed by atoms with Crippen LogP contribution in [0.15, 0.2) is 36.4 Å². The van der Waals surface area contributed by atoms with E-state index in [4.69, 9.17) is 21.1 Å².